The second-order valence-electron chi connectivity index (χ2n) is 4.23. The first-order chi connectivity index (χ1) is 7.50. The lowest BCUT2D eigenvalue weighted by Crippen LogP contribution is -2.33. The van der Waals surface area contributed by atoms with Crippen molar-refractivity contribution in [1.82, 2.24) is 0 Å². The average Bonchev–Trinajstić information content (AvgIpc) is 2.26. The molecule has 0 bridgehead atoms. The minimum absolute atomic E-state index is 0.121. The summed E-state index contributed by atoms with van der Waals surface area (Å²) in [4.78, 5) is 10.8. The fourth-order valence-corrected chi connectivity index (χ4v) is 1.22. The first-order valence-corrected chi connectivity index (χ1v) is 5.40. The zero-order chi connectivity index (χ0) is 12.1. The topological polar surface area (TPSA) is 81.1 Å². The number of nitrogens with one attached hydrogen (secondary N) is 1. The summed E-state index contributed by atoms with van der Waals surface area (Å²) >= 11 is 0. The Hall–Kier alpha value is -1.55. The molecule has 1 aromatic carbocycles. The van der Waals surface area contributed by atoms with Crippen LogP contribution >= 0.6 is 0 Å². The van der Waals surface area contributed by atoms with E-state index in [1.54, 1.807) is 12.1 Å². The van der Waals surface area contributed by atoms with E-state index >= 15 is 0 Å². The van der Waals surface area contributed by atoms with Gasteiger partial charge < -0.3 is 16.8 Å². The smallest absolute Gasteiger partial charge is 0.248 e. The van der Waals surface area contributed by atoms with Gasteiger partial charge in [0.25, 0.3) is 0 Å². The quantitative estimate of drug-likeness (QED) is 0.698. The molecule has 0 heterocycles. The van der Waals surface area contributed by atoms with E-state index in [1.165, 1.54) is 0 Å². The number of carbonyl (C=O) groups is 1. The molecule has 88 valence electrons. The molecule has 0 radical (unpaired) electrons. The van der Waals surface area contributed by atoms with Crippen LogP contribution in [-0.4, -0.2) is 18.5 Å². The predicted octanol–water partition coefficient (Wildman–Crippen LogP) is 1.18. The van der Waals surface area contributed by atoms with E-state index in [2.05, 4.69) is 19.2 Å². The Bertz CT molecular complexity index is 346. The molecular weight excluding hydrogens is 202 g/mol. The third-order valence-electron chi connectivity index (χ3n) is 2.57. The van der Waals surface area contributed by atoms with Crippen LogP contribution in [0.4, 0.5) is 5.69 Å². The molecule has 0 fully saturated rings. The molecule has 16 heavy (non-hydrogen) atoms. The molecule has 1 rings (SSSR count). The molecule has 0 aliphatic carbocycles. The molecule has 4 heteroatoms. The summed E-state index contributed by atoms with van der Waals surface area (Å²) in [6.07, 6.45) is 0. The van der Waals surface area contributed by atoms with Gasteiger partial charge in [-0.15, -0.1) is 0 Å². The minimum atomic E-state index is -0.412. The standard InChI is InChI=1S/C12H19N3O/c1-8(2)11(13)7-15-10-5-3-9(4-6-10)12(14)16/h3-6,8,11,15H,7,13H2,1-2H3,(H2,14,16). The van der Waals surface area contributed by atoms with Gasteiger partial charge in [0.15, 0.2) is 0 Å². The van der Waals surface area contributed by atoms with Crippen molar-refractivity contribution in [2.75, 3.05) is 11.9 Å². The van der Waals surface area contributed by atoms with Gasteiger partial charge >= 0.3 is 0 Å². The largest absolute Gasteiger partial charge is 0.383 e. The van der Waals surface area contributed by atoms with Gasteiger partial charge in [-0.1, -0.05) is 13.8 Å². The Morgan fingerprint density at radius 1 is 1.31 bits per heavy atom. The molecule has 1 atom stereocenters. The van der Waals surface area contributed by atoms with Crippen LogP contribution < -0.4 is 16.8 Å². The van der Waals surface area contributed by atoms with E-state index in [9.17, 15) is 4.79 Å². The van der Waals surface area contributed by atoms with Crippen molar-refractivity contribution in [3.05, 3.63) is 29.8 Å². The lowest BCUT2D eigenvalue weighted by molar-refractivity contribution is 0.100. The van der Waals surface area contributed by atoms with Crippen molar-refractivity contribution in [1.29, 1.82) is 0 Å². The zero-order valence-corrected chi connectivity index (χ0v) is 9.73. The number of hydrogen-bond donors (Lipinski definition) is 3. The Labute approximate surface area is 96.0 Å². The van der Waals surface area contributed by atoms with E-state index in [4.69, 9.17) is 11.5 Å². The van der Waals surface area contributed by atoms with Crippen LogP contribution in [0.5, 0.6) is 0 Å². The predicted molar refractivity (Wildman–Crippen MR) is 66.3 cm³/mol. The SMILES string of the molecule is CC(C)C(N)CNc1ccc(C(N)=O)cc1. The summed E-state index contributed by atoms with van der Waals surface area (Å²) < 4.78 is 0. The molecule has 1 amide bonds. The van der Waals surface area contributed by atoms with Crippen LogP contribution in [0.2, 0.25) is 0 Å². The Kier molecular flexibility index (Phi) is 4.31. The van der Waals surface area contributed by atoms with E-state index in [1.807, 2.05) is 12.1 Å². The number of primary amides is 1. The van der Waals surface area contributed by atoms with Crippen LogP contribution in [0.25, 0.3) is 0 Å². The van der Waals surface area contributed by atoms with Gasteiger partial charge in [0.05, 0.1) is 0 Å². The maximum atomic E-state index is 10.8. The minimum Gasteiger partial charge on any atom is -0.383 e. The molecule has 0 aromatic heterocycles. The van der Waals surface area contributed by atoms with Gasteiger partial charge in [-0.05, 0) is 30.2 Å². The average molecular weight is 221 g/mol. The van der Waals surface area contributed by atoms with Crippen molar-refractivity contribution in [3.63, 3.8) is 0 Å². The van der Waals surface area contributed by atoms with Gasteiger partial charge in [0.2, 0.25) is 5.91 Å². The lowest BCUT2D eigenvalue weighted by Gasteiger charge is -2.16. The van der Waals surface area contributed by atoms with Crippen LogP contribution in [0.15, 0.2) is 24.3 Å². The van der Waals surface area contributed by atoms with Crippen molar-refractivity contribution < 1.29 is 4.79 Å². The number of amides is 1. The van der Waals surface area contributed by atoms with E-state index in [0.717, 1.165) is 5.69 Å². The highest BCUT2D eigenvalue weighted by Crippen LogP contribution is 2.09. The van der Waals surface area contributed by atoms with Crippen LogP contribution in [-0.2, 0) is 0 Å². The molecule has 0 aliphatic heterocycles. The summed E-state index contributed by atoms with van der Waals surface area (Å²) in [5.74, 6) is 0.0304. The molecule has 1 aromatic rings. The second-order valence-corrected chi connectivity index (χ2v) is 4.23. The van der Waals surface area contributed by atoms with Gasteiger partial charge in [0.1, 0.15) is 0 Å². The Morgan fingerprint density at radius 3 is 2.31 bits per heavy atom. The molecule has 4 nitrogen and oxygen atoms in total. The number of carbonyl (C=O) groups excluding carboxylic acids is 1. The molecule has 0 aliphatic rings. The molecule has 0 saturated carbocycles. The van der Waals surface area contributed by atoms with Gasteiger partial charge in [0, 0.05) is 23.8 Å². The van der Waals surface area contributed by atoms with Crippen LogP contribution in [0.3, 0.4) is 0 Å². The van der Waals surface area contributed by atoms with E-state index in [0.29, 0.717) is 18.0 Å². The Morgan fingerprint density at radius 2 is 1.88 bits per heavy atom. The third kappa shape index (κ3) is 3.55. The highest BCUT2D eigenvalue weighted by atomic mass is 16.1. The van der Waals surface area contributed by atoms with Crippen molar-refractivity contribution in [3.8, 4) is 0 Å². The third-order valence-corrected chi connectivity index (χ3v) is 2.57. The summed E-state index contributed by atoms with van der Waals surface area (Å²) in [7, 11) is 0. The summed E-state index contributed by atoms with van der Waals surface area (Å²) in [6.45, 7) is 4.89. The number of anilines is 1. The van der Waals surface area contributed by atoms with Gasteiger partial charge in [-0.2, -0.15) is 0 Å². The van der Waals surface area contributed by atoms with Crippen LogP contribution in [0, 0.1) is 5.92 Å². The fraction of sp³-hybridized carbons (Fsp3) is 0.417. The monoisotopic (exact) mass is 221 g/mol. The molecule has 0 spiro atoms. The number of rotatable bonds is 5. The zero-order valence-electron chi connectivity index (χ0n) is 9.73. The number of nitrogens with two attached hydrogens (primary N) is 2. The summed E-state index contributed by atoms with van der Waals surface area (Å²) in [6, 6.07) is 7.17. The van der Waals surface area contributed by atoms with Crippen molar-refractivity contribution in [2.24, 2.45) is 17.4 Å². The Balaban J connectivity index is 2.53. The number of benzene rings is 1. The molecule has 5 N–H and O–H groups in total. The van der Waals surface area contributed by atoms with E-state index in [-0.39, 0.29) is 6.04 Å². The normalized spacial score (nSPS) is 12.5. The summed E-state index contributed by atoms with van der Waals surface area (Å²) in [5.41, 5.74) is 12.5. The lowest BCUT2D eigenvalue weighted by atomic mass is 10.1. The van der Waals surface area contributed by atoms with E-state index < -0.39 is 5.91 Å². The van der Waals surface area contributed by atoms with Crippen molar-refractivity contribution in [2.45, 2.75) is 19.9 Å². The number of hydrogen-bond acceptors (Lipinski definition) is 3. The maximum absolute atomic E-state index is 10.8. The van der Waals surface area contributed by atoms with Crippen molar-refractivity contribution >= 4 is 11.6 Å². The van der Waals surface area contributed by atoms with Gasteiger partial charge in [-0.25, -0.2) is 0 Å². The summed E-state index contributed by atoms with van der Waals surface area (Å²) in [5, 5.41) is 3.21. The first-order valence-electron chi connectivity index (χ1n) is 5.40. The molecule has 0 saturated heterocycles. The fourth-order valence-electron chi connectivity index (χ4n) is 1.22. The van der Waals surface area contributed by atoms with Crippen LogP contribution in [0.1, 0.15) is 24.2 Å². The maximum Gasteiger partial charge on any atom is 0.248 e. The molecular formula is C12H19N3O. The van der Waals surface area contributed by atoms with Gasteiger partial charge in [-0.3, -0.25) is 4.79 Å². The highest BCUT2D eigenvalue weighted by Gasteiger charge is 2.06. The first kappa shape index (κ1) is 12.5. The highest BCUT2D eigenvalue weighted by molar-refractivity contribution is 5.93. The second kappa shape index (κ2) is 5.51. The molecule has 1 unspecified atom stereocenters.